The Balaban J connectivity index is 2.14. The Bertz CT molecular complexity index is 655. The molecule has 0 saturated heterocycles. The molecule has 2 aromatic rings. The van der Waals surface area contributed by atoms with Gasteiger partial charge in [-0.1, -0.05) is 30.5 Å². The second-order valence-electron chi connectivity index (χ2n) is 5.26. The highest BCUT2D eigenvalue weighted by atomic mass is 16.5. The van der Waals surface area contributed by atoms with Crippen molar-refractivity contribution in [2.24, 2.45) is 5.16 Å². The summed E-state index contributed by atoms with van der Waals surface area (Å²) in [6.07, 6.45) is 7.84. The Morgan fingerprint density at radius 2 is 1.89 bits per heavy atom. The van der Waals surface area contributed by atoms with E-state index < -0.39 is 0 Å². The number of benzene rings is 1. The second-order valence-corrected chi connectivity index (χ2v) is 5.26. The van der Waals surface area contributed by atoms with Crippen molar-refractivity contribution < 1.29 is 10.4 Å². The van der Waals surface area contributed by atoms with Gasteiger partial charge in [0.1, 0.15) is 5.36 Å². The summed E-state index contributed by atoms with van der Waals surface area (Å²) in [5.74, 6) is 0.594. The Kier molecular flexibility index (Phi) is 3.15. The molecular weight excluding hydrogens is 240 g/mol. The fourth-order valence-electron chi connectivity index (χ4n) is 3.05. The van der Waals surface area contributed by atoms with Crippen molar-refractivity contribution in [2.45, 2.75) is 38.0 Å². The van der Waals surface area contributed by atoms with Gasteiger partial charge in [-0.15, -0.1) is 0 Å². The number of rotatable bonds is 1. The maximum absolute atomic E-state index is 9.79. The molecule has 100 valence electrons. The van der Waals surface area contributed by atoms with Crippen LogP contribution in [0.2, 0.25) is 0 Å². The lowest BCUT2D eigenvalue weighted by Gasteiger charge is -2.22. The number of hydrogen-bond donors (Lipinski definition) is 2. The predicted molar refractivity (Wildman–Crippen MR) is 72.3 cm³/mol. The molecule has 0 atom stereocenters. The van der Waals surface area contributed by atoms with Crippen LogP contribution in [0.3, 0.4) is 0 Å². The Morgan fingerprint density at radius 1 is 1.11 bits per heavy atom. The van der Waals surface area contributed by atoms with Gasteiger partial charge in [0.2, 0.25) is 0 Å². The van der Waals surface area contributed by atoms with Gasteiger partial charge < -0.3 is 10.4 Å². The maximum atomic E-state index is 9.79. The number of aromatic nitrogens is 1. The SMILES string of the molecule is ON=c1ccn(O)c2ccc(C3CCCCC3)cc12. The molecule has 0 bridgehead atoms. The first-order valence-electron chi connectivity index (χ1n) is 6.82. The van der Waals surface area contributed by atoms with Crippen molar-refractivity contribution in [3.63, 3.8) is 0 Å². The van der Waals surface area contributed by atoms with E-state index in [4.69, 9.17) is 5.21 Å². The summed E-state index contributed by atoms with van der Waals surface area (Å²) in [6.45, 7) is 0. The molecule has 1 saturated carbocycles. The van der Waals surface area contributed by atoms with E-state index in [9.17, 15) is 5.21 Å². The first-order chi connectivity index (χ1) is 9.29. The minimum absolute atomic E-state index is 0.498. The lowest BCUT2D eigenvalue weighted by atomic mass is 9.84. The summed E-state index contributed by atoms with van der Waals surface area (Å²) in [4.78, 5) is 0. The van der Waals surface area contributed by atoms with Gasteiger partial charge in [-0.3, -0.25) is 0 Å². The molecule has 3 rings (SSSR count). The molecule has 1 aromatic carbocycles. The van der Waals surface area contributed by atoms with Gasteiger partial charge in [0.05, 0.1) is 5.52 Å². The molecule has 2 N–H and O–H groups in total. The predicted octanol–water partition coefficient (Wildman–Crippen LogP) is 3.22. The zero-order chi connectivity index (χ0) is 13.2. The van der Waals surface area contributed by atoms with Gasteiger partial charge >= 0.3 is 0 Å². The van der Waals surface area contributed by atoms with Crippen LogP contribution in [-0.2, 0) is 0 Å². The van der Waals surface area contributed by atoms with E-state index in [1.165, 1.54) is 43.9 Å². The molecule has 0 radical (unpaired) electrons. The first kappa shape index (κ1) is 12.1. The van der Waals surface area contributed by atoms with Crippen molar-refractivity contribution in [3.8, 4) is 0 Å². The molecule has 0 amide bonds. The number of fused-ring (bicyclic) bond motifs is 1. The molecule has 4 nitrogen and oxygen atoms in total. The second kappa shape index (κ2) is 4.96. The van der Waals surface area contributed by atoms with Crippen molar-refractivity contribution in [1.82, 2.24) is 4.73 Å². The van der Waals surface area contributed by atoms with Crippen LogP contribution < -0.4 is 5.36 Å². The molecule has 0 unspecified atom stereocenters. The largest absolute Gasteiger partial charge is 0.428 e. The zero-order valence-electron chi connectivity index (χ0n) is 10.8. The van der Waals surface area contributed by atoms with Gasteiger partial charge in [-0.2, -0.15) is 4.73 Å². The standard InChI is InChI=1S/C15H18N2O2/c18-16-14-8-9-17(19)15-7-6-12(10-13(14)15)11-4-2-1-3-5-11/h6-11,18-19H,1-5H2. The van der Waals surface area contributed by atoms with Crippen molar-refractivity contribution in [1.29, 1.82) is 0 Å². The van der Waals surface area contributed by atoms with Gasteiger partial charge in [-0.05, 0) is 42.5 Å². The molecule has 1 aromatic heterocycles. The van der Waals surface area contributed by atoms with Gasteiger partial charge in [0, 0.05) is 11.6 Å². The van der Waals surface area contributed by atoms with Crippen LogP contribution >= 0.6 is 0 Å². The Labute approximate surface area is 111 Å². The summed E-state index contributed by atoms with van der Waals surface area (Å²) in [5.41, 5.74) is 1.94. The van der Waals surface area contributed by atoms with Crippen molar-refractivity contribution >= 4 is 10.9 Å². The zero-order valence-corrected chi connectivity index (χ0v) is 10.8. The molecule has 1 aliphatic rings. The minimum atomic E-state index is 0.498. The highest BCUT2D eigenvalue weighted by Crippen LogP contribution is 2.33. The molecule has 0 spiro atoms. The first-order valence-corrected chi connectivity index (χ1v) is 6.82. The van der Waals surface area contributed by atoms with Gasteiger partial charge in [0.25, 0.3) is 0 Å². The number of pyridine rings is 1. The molecule has 4 heteroatoms. The summed E-state index contributed by atoms with van der Waals surface area (Å²) < 4.78 is 1.06. The van der Waals surface area contributed by atoms with Crippen LogP contribution in [-0.4, -0.2) is 15.1 Å². The minimum Gasteiger partial charge on any atom is -0.428 e. The normalized spacial score (nSPS) is 18.0. The number of hydrogen-bond acceptors (Lipinski definition) is 3. The van der Waals surface area contributed by atoms with Crippen LogP contribution in [0, 0.1) is 0 Å². The van der Waals surface area contributed by atoms with Crippen molar-refractivity contribution in [2.75, 3.05) is 0 Å². The van der Waals surface area contributed by atoms with Crippen LogP contribution in [0.5, 0.6) is 0 Å². The van der Waals surface area contributed by atoms with Crippen LogP contribution in [0.25, 0.3) is 10.9 Å². The molecule has 1 fully saturated rings. The number of nitrogens with zero attached hydrogens (tertiary/aromatic N) is 2. The van der Waals surface area contributed by atoms with Crippen molar-refractivity contribution in [3.05, 3.63) is 41.4 Å². The molecule has 1 heterocycles. The third-order valence-corrected chi connectivity index (χ3v) is 4.10. The van der Waals surface area contributed by atoms with Gasteiger partial charge in [-0.25, -0.2) is 0 Å². The Hall–Kier alpha value is -1.97. The molecule has 19 heavy (non-hydrogen) atoms. The van der Waals surface area contributed by atoms with E-state index in [0.29, 0.717) is 16.8 Å². The monoisotopic (exact) mass is 258 g/mol. The van der Waals surface area contributed by atoms with Crippen LogP contribution in [0.1, 0.15) is 43.6 Å². The molecule has 0 aliphatic heterocycles. The third-order valence-electron chi connectivity index (χ3n) is 4.10. The smallest absolute Gasteiger partial charge is 0.113 e. The van der Waals surface area contributed by atoms with Crippen LogP contribution in [0.15, 0.2) is 35.6 Å². The average molecular weight is 258 g/mol. The van der Waals surface area contributed by atoms with E-state index in [-0.39, 0.29) is 0 Å². The fraction of sp³-hybridized carbons (Fsp3) is 0.400. The lowest BCUT2D eigenvalue weighted by Crippen LogP contribution is -2.10. The van der Waals surface area contributed by atoms with E-state index >= 15 is 0 Å². The van der Waals surface area contributed by atoms with E-state index in [0.717, 1.165) is 10.1 Å². The van der Waals surface area contributed by atoms with E-state index in [1.807, 2.05) is 12.1 Å². The van der Waals surface area contributed by atoms with E-state index in [2.05, 4.69) is 11.2 Å². The van der Waals surface area contributed by atoms with Gasteiger partial charge in [0.15, 0.2) is 0 Å². The highest BCUT2D eigenvalue weighted by molar-refractivity contribution is 5.79. The topological polar surface area (TPSA) is 57.8 Å². The summed E-state index contributed by atoms with van der Waals surface area (Å²) in [6, 6.07) is 7.63. The summed E-state index contributed by atoms with van der Waals surface area (Å²) in [7, 11) is 0. The summed E-state index contributed by atoms with van der Waals surface area (Å²) in [5, 5.41) is 23.4. The fourth-order valence-corrected chi connectivity index (χ4v) is 3.05. The molecular formula is C15H18N2O2. The average Bonchev–Trinajstić information content (AvgIpc) is 2.48. The maximum Gasteiger partial charge on any atom is 0.113 e. The highest BCUT2D eigenvalue weighted by Gasteiger charge is 2.16. The molecule has 1 aliphatic carbocycles. The lowest BCUT2D eigenvalue weighted by molar-refractivity contribution is 0.197. The third kappa shape index (κ3) is 2.18. The summed E-state index contributed by atoms with van der Waals surface area (Å²) >= 11 is 0. The quantitative estimate of drug-likeness (QED) is 0.469. The Morgan fingerprint density at radius 3 is 2.63 bits per heavy atom. The van der Waals surface area contributed by atoms with E-state index in [1.54, 1.807) is 6.07 Å². The van der Waals surface area contributed by atoms with Crippen LogP contribution in [0.4, 0.5) is 0 Å².